The fraction of sp³-hybridized carbons (Fsp3) is 0.444. The number of benzene rings is 1. The summed E-state index contributed by atoms with van der Waals surface area (Å²) in [6.07, 6.45) is 0.000856. The number of amides is 2. The highest BCUT2D eigenvalue weighted by Crippen LogP contribution is 2.51. The Labute approximate surface area is 210 Å². The van der Waals surface area contributed by atoms with Gasteiger partial charge in [0.15, 0.2) is 17.2 Å². The van der Waals surface area contributed by atoms with Crippen LogP contribution in [0.25, 0.3) is 11.1 Å². The van der Waals surface area contributed by atoms with E-state index in [1.165, 1.54) is 41.4 Å². The van der Waals surface area contributed by atoms with Gasteiger partial charge in [0.2, 0.25) is 17.1 Å². The molecule has 36 heavy (non-hydrogen) atoms. The number of hydrogen-bond acceptors (Lipinski definition) is 8. The van der Waals surface area contributed by atoms with Crippen molar-refractivity contribution in [2.24, 2.45) is 0 Å². The van der Waals surface area contributed by atoms with Gasteiger partial charge in [0.1, 0.15) is 5.60 Å². The highest BCUT2D eigenvalue weighted by atomic mass is 16.6. The van der Waals surface area contributed by atoms with E-state index < -0.39 is 23.6 Å². The van der Waals surface area contributed by atoms with Gasteiger partial charge in [-0.2, -0.15) is 0 Å². The lowest BCUT2D eigenvalue weighted by molar-refractivity contribution is -0.130. The largest absolute Gasteiger partial charge is 0.493 e. The van der Waals surface area contributed by atoms with Gasteiger partial charge < -0.3 is 23.7 Å². The minimum atomic E-state index is -0.820. The number of nitrogens with zero attached hydrogens (tertiary/aromatic N) is 1. The zero-order valence-electron chi connectivity index (χ0n) is 22.0. The number of carbonyl (C=O) groups excluding carboxylic acids is 2. The van der Waals surface area contributed by atoms with Crippen molar-refractivity contribution in [1.29, 1.82) is 0 Å². The van der Waals surface area contributed by atoms with E-state index in [4.69, 9.17) is 23.7 Å². The highest BCUT2D eigenvalue weighted by Gasteiger charge is 2.37. The van der Waals surface area contributed by atoms with Crippen LogP contribution in [0.15, 0.2) is 29.1 Å². The second-order valence-corrected chi connectivity index (χ2v) is 9.38. The molecule has 2 amide bonds. The third kappa shape index (κ3) is 5.10. The summed E-state index contributed by atoms with van der Waals surface area (Å²) >= 11 is 0. The van der Waals surface area contributed by atoms with Gasteiger partial charge in [-0.3, -0.25) is 9.59 Å². The highest BCUT2D eigenvalue weighted by molar-refractivity contribution is 5.92. The molecule has 0 aliphatic heterocycles. The molecule has 9 heteroatoms. The smallest absolute Gasteiger partial charge is 0.417 e. The lowest BCUT2D eigenvalue weighted by atomic mass is 9.95. The van der Waals surface area contributed by atoms with Crippen LogP contribution in [-0.2, 0) is 16.0 Å². The Hall–Kier alpha value is -3.75. The molecule has 0 N–H and O–H groups in total. The van der Waals surface area contributed by atoms with E-state index in [9.17, 15) is 14.4 Å². The van der Waals surface area contributed by atoms with Gasteiger partial charge in [0.25, 0.3) is 0 Å². The van der Waals surface area contributed by atoms with Crippen molar-refractivity contribution < 1.29 is 33.3 Å². The van der Waals surface area contributed by atoms with E-state index >= 15 is 0 Å². The minimum absolute atomic E-state index is 0.120. The third-order valence-electron chi connectivity index (χ3n) is 5.93. The molecule has 0 bridgehead atoms. The first-order valence-corrected chi connectivity index (χ1v) is 11.5. The van der Waals surface area contributed by atoms with Crippen molar-refractivity contribution in [1.82, 2.24) is 4.90 Å². The van der Waals surface area contributed by atoms with Crippen LogP contribution in [0.3, 0.4) is 0 Å². The molecule has 0 radical (unpaired) electrons. The monoisotopic (exact) mass is 499 g/mol. The van der Waals surface area contributed by atoms with Crippen molar-refractivity contribution in [3.05, 3.63) is 45.6 Å². The predicted octanol–water partition coefficient (Wildman–Crippen LogP) is 4.52. The molecule has 3 rings (SSSR count). The summed E-state index contributed by atoms with van der Waals surface area (Å²) in [7, 11) is 5.97. The van der Waals surface area contributed by atoms with Crippen LogP contribution in [0.5, 0.6) is 23.0 Å². The summed E-state index contributed by atoms with van der Waals surface area (Å²) in [5.74, 6) is 0.900. The SMILES string of the molecule is COc1cc2c(c(OC)c1OC)-c1ccc(OC)c(=O)cc1[C@@H](N(C(C)=O)C(=O)OC(C)(C)C)CC2. The number of aryl methyl sites for hydroxylation is 1. The molecule has 0 aromatic heterocycles. The van der Waals surface area contributed by atoms with Gasteiger partial charge >= 0.3 is 6.09 Å². The van der Waals surface area contributed by atoms with Crippen LogP contribution >= 0.6 is 0 Å². The Morgan fingerprint density at radius 3 is 2.08 bits per heavy atom. The average Bonchev–Trinajstić information content (AvgIpc) is 3.05. The molecule has 9 nitrogen and oxygen atoms in total. The topological polar surface area (TPSA) is 101 Å². The van der Waals surface area contributed by atoms with Gasteiger partial charge in [-0.1, -0.05) is 6.07 Å². The number of imide groups is 1. The van der Waals surface area contributed by atoms with Gasteiger partial charge in [0.05, 0.1) is 34.5 Å². The normalized spacial score (nSPS) is 14.5. The minimum Gasteiger partial charge on any atom is -0.493 e. The number of carbonyl (C=O) groups is 2. The fourth-order valence-corrected chi connectivity index (χ4v) is 4.50. The molecule has 1 aliphatic carbocycles. The number of fused-ring (bicyclic) bond motifs is 3. The molecule has 0 spiro atoms. The lowest BCUT2D eigenvalue weighted by Crippen LogP contribution is -2.42. The second kappa shape index (κ2) is 10.5. The molecule has 1 aliphatic rings. The van der Waals surface area contributed by atoms with Crippen LogP contribution < -0.4 is 24.4 Å². The van der Waals surface area contributed by atoms with E-state index in [0.717, 1.165) is 10.5 Å². The molecule has 0 heterocycles. The molecule has 1 atom stereocenters. The Bertz CT molecular complexity index is 1230. The fourth-order valence-electron chi connectivity index (χ4n) is 4.50. The van der Waals surface area contributed by atoms with Crippen LogP contribution in [0, 0.1) is 0 Å². The summed E-state index contributed by atoms with van der Waals surface area (Å²) in [5.41, 5.74) is 1.38. The van der Waals surface area contributed by atoms with E-state index in [1.807, 2.05) is 6.07 Å². The van der Waals surface area contributed by atoms with Gasteiger partial charge in [0, 0.05) is 12.5 Å². The Balaban J connectivity index is 2.40. The van der Waals surface area contributed by atoms with E-state index in [1.54, 1.807) is 32.9 Å². The van der Waals surface area contributed by atoms with Crippen molar-refractivity contribution in [3.63, 3.8) is 0 Å². The maximum Gasteiger partial charge on any atom is 0.417 e. The molecule has 2 aromatic rings. The number of methoxy groups -OCH3 is 4. The van der Waals surface area contributed by atoms with Crippen molar-refractivity contribution in [2.75, 3.05) is 28.4 Å². The van der Waals surface area contributed by atoms with E-state index in [0.29, 0.717) is 46.8 Å². The molecule has 194 valence electrons. The first-order valence-electron chi connectivity index (χ1n) is 11.5. The molecule has 0 saturated heterocycles. The predicted molar refractivity (Wildman–Crippen MR) is 134 cm³/mol. The van der Waals surface area contributed by atoms with Crippen LogP contribution in [-0.4, -0.2) is 50.9 Å². The molecular formula is C27H33NO8. The summed E-state index contributed by atoms with van der Waals surface area (Å²) in [4.78, 5) is 40.2. The molecule has 0 saturated carbocycles. The van der Waals surface area contributed by atoms with Crippen LogP contribution in [0.4, 0.5) is 4.79 Å². The summed E-state index contributed by atoms with van der Waals surface area (Å²) in [6, 6.07) is 5.76. The third-order valence-corrected chi connectivity index (χ3v) is 5.93. The maximum absolute atomic E-state index is 13.2. The van der Waals surface area contributed by atoms with Crippen molar-refractivity contribution in [2.45, 2.75) is 52.2 Å². The number of ether oxygens (including phenoxy) is 5. The lowest BCUT2D eigenvalue weighted by Gasteiger charge is -2.31. The quantitative estimate of drug-likeness (QED) is 0.592. The summed E-state index contributed by atoms with van der Waals surface area (Å²) in [6.45, 7) is 6.48. The average molecular weight is 500 g/mol. The van der Waals surface area contributed by atoms with E-state index in [2.05, 4.69) is 0 Å². The second-order valence-electron chi connectivity index (χ2n) is 9.38. The Kier molecular flexibility index (Phi) is 7.81. The maximum atomic E-state index is 13.2. The molecular weight excluding hydrogens is 466 g/mol. The van der Waals surface area contributed by atoms with E-state index in [-0.39, 0.29) is 11.2 Å². The Morgan fingerprint density at radius 2 is 1.56 bits per heavy atom. The molecule has 0 unspecified atom stereocenters. The number of rotatable bonds is 5. The van der Waals surface area contributed by atoms with Crippen molar-refractivity contribution in [3.8, 4) is 34.1 Å². The summed E-state index contributed by atoms with van der Waals surface area (Å²) < 4.78 is 27.8. The Morgan fingerprint density at radius 1 is 0.917 bits per heavy atom. The molecule has 0 fully saturated rings. The van der Waals surface area contributed by atoms with Gasteiger partial charge in [-0.05, 0) is 68.5 Å². The zero-order chi connectivity index (χ0) is 26.8. The standard InChI is InChI=1S/C27H33NO8/c1-15(29)28(26(31)36-27(2,3)4)19-11-9-16-13-22(33-6)24(34-7)25(35-8)23(16)17-10-12-21(32-5)20(30)14-18(17)19/h10,12-14,19H,9,11H2,1-8H3/t19-/m0/s1. The first kappa shape index (κ1) is 26.8. The summed E-state index contributed by atoms with van der Waals surface area (Å²) in [5, 5.41) is 0. The van der Waals surface area contributed by atoms with Crippen molar-refractivity contribution >= 4 is 12.0 Å². The molecule has 2 aromatic carbocycles. The van der Waals surface area contributed by atoms with Crippen LogP contribution in [0.1, 0.15) is 51.3 Å². The first-order chi connectivity index (χ1) is 17.0. The zero-order valence-corrected chi connectivity index (χ0v) is 22.0. The van der Waals surface area contributed by atoms with Gasteiger partial charge in [-0.25, -0.2) is 9.69 Å². The number of hydrogen-bond donors (Lipinski definition) is 0. The van der Waals surface area contributed by atoms with Gasteiger partial charge in [-0.15, -0.1) is 0 Å². The van der Waals surface area contributed by atoms with Crippen LogP contribution in [0.2, 0.25) is 0 Å².